The Morgan fingerprint density at radius 1 is 1.42 bits per heavy atom. The summed E-state index contributed by atoms with van der Waals surface area (Å²) in [6.07, 6.45) is 0. The van der Waals surface area contributed by atoms with Crippen LogP contribution in [0.5, 0.6) is 5.75 Å². The van der Waals surface area contributed by atoms with E-state index in [1.807, 2.05) is 0 Å². The summed E-state index contributed by atoms with van der Waals surface area (Å²) < 4.78 is 18.1. The third-order valence-electron chi connectivity index (χ3n) is 3.80. The molecule has 0 aromatic heterocycles. The summed E-state index contributed by atoms with van der Waals surface area (Å²) in [5.74, 6) is 0.613. The second-order valence-corrected chi connectivity index (χ2v) is 4.83. The largest absolute Gasteiger partial charge is 0.494 e. The Morgan fingerprint density at radius 3 is 2.74 bits per heavy atom. The summed E-state index contributed by atoms with van der Waals surface area (Å²) in [7, 11) is 1.39. The van der Waals surface area contributed by atoms with Crippen LogP contribution in [0.1, 0.15) is 10.4 Å². The van der Waals surface area contributed by atoms with Crippen LogP contribution in [0.15, 0.2) is 18.2 Å². The molecule has 0 bridgehead atoms. The predicted octanol–water partition coefficient (Wildman–Crippen LogP) is 1.20. The lowest BCUT2D eigenvalue weighted by Gasteiger charge is -2.09. The molecule has 6 heteroatoms. The maximum Gasteiger partial charge on any atom is 0.251 e. The maximum absolute atomic E-state index is 13.2. The van der Waals surface area contributed by atoms with Gasteiger partial charge in [-0.3, -0.25) is 4.79 Å². The van der Waals surface area contributed by atoms with Gasteiger partial charge in [0.25, 0.3) is 5.91 Å². The number of piperidine rings is 1. The van der Waals surface area contributed by atoms with Crippen LogP contribution in [-0.2, 0) is 0 Å². The van der Waals surface area contributed by atoms with Gasteiger partial charge in [0.1, 0.15) is 0 Å². The Hall–Kier alpha value is -1.33. The number of hydrogen-bond donors (Lipinski definition) is 2. The van der Waals surface area contributed by atoms with Gasteiger partial charge in [0.05, 0.1) is 7.11 Å². The van der Waals surface area contributed by atoms with Gasteiger partial charge in [-0.05, 0) is 30.0 Å². The number of carbonyl (C=O) groups is 1. The highest BCUT2D eigenvalue weighted by Gasteiger charge is 2.53. The van der Waals surface area contributed by atoms with E-state index < -0.39 is 5.82 Å². The molecule has 0 radical (unpaired) electrons. The quantitative estimate of drug-likeness (QED) is 0.878. The van der Waals surface area contributed by atoms with E-state index in [0.717, 1.165) is 13.1 Å². The Labute approximate surface area is 117 Å². The van der Waals surface area contributed by atoms with E-state index in [-0.39, 0.29) is 30.1 Å². The first-order valence-electron chi connectivity index (χ1n) is 6.06. The summed E-state index contributed by atoms with van der Waals surface area (Å²) in [6.45, 7) is 1.95. The molecule has 2 atom stereocenters. The third kappa shape index (κ3) is 2.53. The summed E-state index contributed by atoms with van der Waals surface area (Å²) in [5.41, 5.74) is 0.436. The number of hydrogen-bond acceptors (Lipinski definition) is 3. The second-order valence-electron chi connectivity index (χ2n) is 4.83. The molecule has 2 fully saturated rings. The monoisotopic (exact) mass is 286 g/mol. The van der Waals surface area contributed by atoms with Gasteiger partial charge in [-0.2, -0.15) is 0 Å². The molecule has 2 aliphatic rings. The van der Waals surface area contributed by atoms with Crippen molar-refractivity contribution in [3.63, 3.8) is 0 Å². The van der Waals surface area contributed by atoms with Gasteiger partial charge in [-0.15, -0.1) is 12.4 Å². The molecular weight excluding hydrogens is 271 g/mol. The smallest absolute Gasteiger partial charge is 0.251 e. The van der Waals surface area contributed by atoms with Crippen LogP contribution < -0.4 is 15.4 Å². The number of ether oxygens (including phenoxy) is 1. The Kier molecular flexibility index (Phi) is 3.96. The van der Waals surface area contributed by atoms with E-state index in [1.54, 1.807) is 0 Å². The van der Waals surface area contributed by atoms with Gasteiger partial charge >= 0.3 is 0 Å². The standard InChI is InChI=1S/C13H15FN2O2.ClH/c1-18-11-4-7(2-3-10(11)14)13(17)16-12-8-5-15-6-9(8)12;/h2-4,8-9,12,15H,5-6H2,1H3,(H,16,17);1H. The van der Waals surface area contributed by atoms with Crippen molar-refractivity contribution in [2.24, 2.45) is 11.8 Å². The second kappa shape index (κ2) is 5.35. The van der Waals surface area contributed by atoms with Gasteiger partial charge in [-0.25, -0.2) is 4.39 Å². The van der Waals surface area contributed by atoms with Crippen LogP contribution in [0.25, 0.3) is 0 Å². The van der Waals surface area contributed by atoms with Crippen molar-refractivity contribution in [1.82, 2.24) is 10.6 Å². The minimum atomic E-state index is -0.457. The van der Waals surface area contributed by atoms with Gasteiger partial charge in [0, 0.05) is 24.7 Å². The van der Waals surface area contributed by atoms with E-state index in [2.05, 4.69) is 10.6 Å². The highest BCUT2D eigenvalue weighted by molar-refractivity contribution is 5.95. The molecule has 1 saturated heterocycles. The number of nitrogens with one attached hydrogen (secondary N) is 2. The van der Waals surface area contributed by atoms with Crippen LogP contribution in [0.4, 0.5) is 4.39 Å². The highest BCUT2D eigenvalue weighted by atomic mass is 35.5. The van der Waals surface area contributed by atoms with E-state index in [1.165, 1.54) is 25.3 Å². The molecule has 2 unspecified atom stereocenters. The molecule has 104 valence electrons. The lowest BCUT2D eigenvalue weighted by atomic mass is 10.2. The van der Waals surface area contributed by atoms with Crippen molar-refractivity contribution in [2.75, 3.05) is 20.2 Å². The van der Waals surface area contributed by atoms with Crippen molar-refractivity contribution < 1.29 is 13.9 Å². The van der Waals surface area contributed by atoms with E-state index in [0.29, 0.717) is 17.4 Å². The van der Waals surface area contributed by atoms with Crippen LogP contribution in [0.3, 0.4) is 0 Å². The lowest BCUT2D eigenvalue weighted by molar-refractivity contribution is 0.0946. The molecule has 1 aromatic rings. The van der Waals surface area contributed by atoms with Crippen molar-refractivity contribution >= 4 is 18.3 Å². The average molecular weight is 287 g/mol. The van der Waals surface area contributed by atoms with Crippen molar-refractivity contribution in [1.29, 1.82) is 0 Å². The molecule has 2 N–H and O–H groups in total. The first kappa shape index (κ1) is 14.1. The zero-order valence-corrected chi connectivity index (χ0v) is 11.3. The van der Waals surface area contributed by atoms with E-state index in [9.17, 15) is 9.18 Å². The molecule has 1 amide bonds. The maximum atomic E-state index is 13.2. The summed E-state index contributed by atoms with van der Waals surface area (Å²) >= 11 is 0. The number of methoxy groups -OCH3 is 1. The average Bonchev–Trinajstić information content (AvgIpc) is 2.82. The third-order valence-corrected chi connectivity index (χ3v) is 3.80. The Bertz CT molecular complexity index is 488. The van der Waals surface area contributed by atoms with Crippen molar-refractivity contribution in [3.8, 4) is 5.75 Å². The number of carbonyl (C=O) groups excluding carboxylic acids is 1. The van der Waals surface area contributed by atoms with E-state index >= 15 is 0 Å². The van der Waals surface area contributed by atoms with Gasteiger partial charge < -0.3 is 15.4 Å². The molecule has 1 saturated carbocycles. The molecule has 0 spiro atoms. The summed E-state index contributed by atoms with van der Waals surface area (Å²) in [4.78, 5) is 12.0. The molecule has 3 rings (SSSR count). The van der Waals surface area contributed by atoms with Crippen LogP contribution >= 0.6 is 12.4 Å². The zero-order valence-electron chi connectivity index (χ0n) is 10.5. The first-order valence-corrected chi connectivity index (χ1v) is 6.06. The van der Waals surface area contributed by atoms with Gasteiger partial charge in [0.2, 0.25) is 0 Å². The zero-order chi connectivity index (χ0) is 12.7. The Balaban J connectivity index is 0.00000133. The number of amides is 1. The molecule has 1 heterocycles. The number of benzene rings is 1. The fourth-order valence-electron chi connectivity index (χ4n) is 2.67. The van der Waals surface area contributed by atoms with Crippen LogP contribution in [0, 0.1) is 17.7 Å². The SMILES string of the molecule is COc1cc(C(=O)NC2C3CNCC32)ccc1F.Cl. The number of halogens is 2. The molecule has 1 aromatic carbocycles. The minimum absolute atomic E-state index is 0. The Morgan fingerprint density at radius 2 is 2.11 bits per heavy atom. The fraction of sp³-hybridized carbons (Fsp3) is 0.462. The first-order chi connectivity index (χ1) is 8.70. The molecule has 4 nitrogen and oxygen atoms in total. The van der Waals surface area contributed by atoms with Gasteiger partial charge in [-0.1, -0.05) is 0 Å². The van der Waals surface area contributed by atoms with Gasteiger partial charge in [0.15, 0.2) is 11.6 Å². The minimum Gasteiger partial charge on any atom is -0.494 e. The molecule has 1 aliphatic heterocycles. The normalized spacial score (nSPS) is 27.2. The summed E-state index contributed by atoms with van der Waals surface area (Å²) in [5, 5.41) is 6.26. The number of fused-ring (bicyclic) bond motifs is 1. The topological polar surface area (TPSA) is 50.4 Å². The van der Waals surface area contributed by atoms with E-state index in [4.69, 9.17) is 4.74 Å². The lowest BCUT2D eigenvalue weighted by Crippen LogP contribution is -2.32. The highest BCUT2D eigenvalue weighted by Crippen LogP contribution is 2.41. The number of rotatable bonds is 3. The van der Waals surface area contributed by atoms with Crippen LogP contribution in [0.2, 0.25) is 0 Å². The van der Waals surface area contributed by atoms with Crippen LogP contribution in [-0.4, -0.2) is 32.1 Å². The predicted molar refractivity (Wildman–Crippen MR) is 71.3 cm³/mol. The molecular formula is C13H16ClFN2O2. The van der Waals surface area contributed by atoms with Crippen molar-refractivity contribution in [2.45, 2.75) is 6.04 Å². The fourth-order valence-corrected chi connectivity index (χ4v) is 2.67. The summed E-state index contributed by atoms with van der Waals surface area (Å²) in [6, 6.07) is 4.43. The molecule has 1 aliphatic carbocycles. The molecule has 19 heavy (non-hydrogen) atoms. The van der Waals surface area contributed by atoms with Crippen molar-refractivity contribution in [3.05, 3.63) is 29.6 Å².